The monoisotopic (exact) mass is 206 g/mol. The minimum Gasteiger partial charge on any atom is -0.269 e. The van der Waals surface area contributed by atoms with Crippen molar-refractivity contribution in [1.29, 1.82) is 0 Å². The van der Waals surface area contributed by atoms with Gasteiger partial charge in [0.05, 0.1) is 12.2 Å². The van der Waals surface area contributed by atoms with E-state index >= 15 is 0 Å². The molecule has 0 aliphatic heterocycles. The quantitative estimate of drug-likeness (QED) is 0.739. The fourth-order valence-corrected chi connectivity index (χ4v) is 2.36. The van der Waals surface area contributed by atoms with Crippen LogP contribution >= 0.6 is 0 Å². The predicted octanol–water partition coefficient (Wildman–Crippen LogP) is 3.30. The highest BCUT2D eigenvalue weighted by Crippen LogP contribution is 2.47. The van der Waals surface area contributed by atoms with Gasteiger partial charge in [0, 0.05) is 6.20 Å². The third kappa shape index (κ3) is 2.42. The fraction of sp³-hybridized carbons (Fsp3) is 0.769. The molecule has 0 aromatic carbocycles. The second kappa shape index (κ2) is 3.99. The Balaban J connectivity index is 1.97. The molecule has 0 spiro atoms. The van der Waals surface area contributed by atoms with E-state index in [1.54, 1.807) is 0 Å². The minimum absolute atomic E-state index is 0.686. The number of nitrogens with zero attached hydrogens (tertiary/aromatic N) is 2. The van der Waals surface area contributed by atoms with E-state index in [2.05, 4.69) is 43.7 Å². The largest absolute Gasteiger partial charge is 0.269 e. The molecule has 1 fully saturated rings. The number of rotatable bonds is 4. The molecule has 1 aromatic heterocycles. The van der Waals surface area contributed by atoms with Gasteiger partial charge in [-0.3, -0.25) is 4.68 Å². The minimum atomic E-state index is 0.686. The van der Waals surface area contributed by atoms with Gasteiger partial charge in [0.25, 0.3) is 0 Å². The smallest absolute Gasteiger partial charge is 0.0554 e. The topological polar surface area (TPSA) is 17.8 Å². The molecular formula is C13H22N2. The molecule has 84 valence electrons. The van der Waals surface area contributed by atoms with Gasteiger partial charge in [-0.05, 0) is 36.2 Å². The Bertz CT molecular complexity index is 325. The van der Waals surface area contributed by atoms with Crippen molar-refractivity contribution in [2.45, 2.75) is 46.6 Å². The van der Waals surface area contributed by atoms with Crippen LogP contribution in [0.25, 0.3) is 0 Å². The Morgan fingerprint density at radius 3 is 2.67 bits per heavy atom. The second-order valence-electron chi connectivity index (χ2n) is 5.64. The first-order valence-corrected chi connectivity index (χ1v) is 6.11. The third-order valence-electron chi connectivity index (χ3n) is 3.30. The van der Waals surface area contributed by atoms with Crippen molar-refractivity contribution in [2.75, 3.05) is 0 Å². The molecule has 1 aliphatic rings. The molecule has 0 bridgehead atoms. The molecular weight excluding hydrogens is 184 g/mol. The van der Waals surface area contributed by atoms with Crippen LogP contribution in [0.2, 0.25) is 0 Å². The van der Waals surface area contributed by atoms with Crippen molar-refractivity contribution < 1.29 is 0 Å². The van der Waals surface area contributed by atoms with E-state index in [9.17, 15) is 0 Å². The van der Waals surface area contributed by atoms with Gasteiger partial charge < -0.3 is 0 Å². The lowest BCUT2D eigenvalue weighted by molar-refractivity contribution is 0.487. The molecule has 1 aliphatic carbocycles. The molecule has 1 saturated carbocycles. The predicted molar refractivity (Wildman–Crippen MR) is 62.8 cm³/mol. The lowest BCUT2D eigenvalue weighted by Gasteiger charge is -2.03. The van der Waals surface area contributed by atoms with Gasteiger partial charge in [0.1, 0.15) is 0 Å². The molecule has 2 nitrogen and oxygen atoms in total. The van der Waals surface area contributed by atoms with Crippen molar-refractivity contribution in [2.24, 2.45) is 17.8 Å². The van der Waals surface area contributed by atoms with Gasteiger partial charge >= 0.3 is 0 Å². The summed E-state index contributed by atoms with van der Waals surface area (Å²) in [5, 5.41) is 4.48. The molecule has 2 heteroatoms. The van der Waals surface area contributed by atoms with Crippen LogP contribution in [-0.4, -0.2) is 9.78 Å². The first kappa shape index (κ1) is 10.7. The summed E-state index contributed by atoms with van der Waals surface area (Å²) in [7, 11) is 0. The number of hydrogen-bond acceptors (Lipinski definition) is 1. The van der Waals surface area contributed by atoms with E-state index in [1.165, 1.54) is 12.0 Å². The van der Waals surface area contributed by atoms with Crippen LogP contribution in [0.1, 0.15) is 45.7 Å². The normalized spacial score (nSPS) is 25.2. The van der Waals surface area contributed by atoms with Crippen LogP contribution in [0, 0.1) is 17.8 Å². The van der Waals surface area contributed by atoms with E-state index < -0.39 is 0 Å². The van der Waals surface area contributed by atoms with Crippen LogP contribution in [-0.2, 0) is 6.42 Å². The highest BCUT2D eigenvalue weighted by molar-refractivity contribution is 5.07. The summed E-state index contributed by atoms with van der Waals surface area (Å²) in [6, 6.07) is 0.686. The molecule has 0 unspecified atom stereocenters. The summed E-state index contributed by atoms with van der Waals surface area (Å²) < 4.78 is 2.18. The Morgan fingerprint density at radius 1 is 1.40 bits per heavy atom. The van der Waals surface area contributed by atoms with Crippen LogP contribution in [0.5, 0.6) is 0 Å². The van der Waals surface area contributed by atoms with Crippen LogP contribution in [0.15, 0.2) is 12.4 Å². The molecule has 0 radical (unpaired) electrons. The molecule has 0 N–H and O–H groups in total. The summed E-state index contributed by atoms with van der Waals surface area (Å²) in [6.45, 7) is 9.13. The van der Waals surface area contributed by atoms with Gasteiger partial charge in [-0.2, -0.15) is 5.10 Å². The summed E-state index contributed by atoms with van der Waals surface area (Å²) in [5.74, 6) is 2.38. The zero-order chi connectivity index (χ0) is 11.0. The fourth-order valence-electron chi connectivity index (χ4n) is 2.36. The first-order chi connectivity index (χ1) is 7.08. The summed E-state index contributed by atoms with van der Waals surface area (Å²) in [5.41, 5.74) is 1.39. The van der Waals surface area contributed by atoms with Crippen LogP contribution in [0.3, 0.4) is 0 Å². The van der Waals surface area contributed by atoms with Crippen molar-refractivity contribution >= 4 is 0 Å². The molecule has 0 amide bonds. The van der Waals surface area contributed by atoms with E-state index in [0.717, 1.165) is 24.2 Å². The van der Waals surface area contributed by atoms with Gasteiger partial charge in [0.2, 0.25) is 0 Å². The van der Waals surface area contributed by atoms with Gasteiger partial charge in [-0.15, -0.1) is 0 Å². The highest BCUT2D eigenvalue weighted by atomic mass is 15.3. The number of aromatic nitrogens is 2. The molecule has 2 rings (SSSR count). The van der Waals surface area contributed by atoms with Crippen molar-refractivity contribution in [3.63, 3.8) is 0 Å². The molecule has 2 atom stereocenters. The lowest BCUT2D eigenvalue weighted by atomic mass is 10.1. The van der Waals surface area contributed by atoms with Gasteiger partial charge in [0.15, 0.2) is 0 Å². The van der Waals surface area contributed by atoms with Crippen molar-refractivity contribution in [1.82, 2.24) is 9.78 Å². The summed E-state index contributed by atoms with van der Waals surface area (Å²) in [6.07, 6.45) is 6.75. The first-order valence-electron chi connectivity index (χ1n) is 6.11. The number of hydrogen-bond donors (Lipinski definition) is 0. The maximum atomic E-state index is 4.48. The lowest BCUT2D eigenvalue weighted by Crippen LogP contribution is -2.00. The molecule has 1 heterocycles. The highest BCUT2D eigenvalue weighted by Gasteiger charge is 2.41. The van der Waals surface area contributed by atoms with E-state index in [0.29, 0.717) is 6.04 Å². The Morgan fingerprint density at radius 2 is 2.13 bits per heavy atom. The zero-order valence-electron chi connectivity index (χ0n) is 10.3. The van der Waals surface area contributed by atoms with Crippen LogP contribution < -0.4 is 0 Å². The third-order valence-corrected chi connectivity index (χ3v) is 3.30. The zero-order valence-corrected chi connectivity index (χ0v) is 10.3. The van der Waals surface area contributed by atoms with Gasteiger partial charge in [-0.25, -0.2) is 0 Å². The van der Waals surface area contributed by atoms with Crippen molar-refractivity contribution in [3.8, 4) is 0 Å². The summed E-state index contributed by atoms with van der Waals surface area (Å²) in [4.78, 5) is 0. The van der Waals surface area contributed by atoms with Crippen molar-refractivity contribution in [3.05, 3.63) is 18.0 Å². The summed E-state index contributed by atoms with van der Waals surface area (Å²) >= 11 is 0. The molecule has 1 aromatic rings. The van der Waals surface area contributed by atoms with E-state index in [4.69, 9.17) is 0 Å². The second-order valence-corrected chi connectivity index (χ2v) is 5.64. The molecule has 0 saturated heterocycles. The maximum Gasteiger partial charge on any atom is 0.0554 e. The van der Waals surface area contributed by atoms with E-state index in [1.807, 2.05) is 6.20 Å². The molecule has 15 heavy (non-hydrogen) atoms. The van der Waals surface area contributed by atoms with E-state index in [-0.39, 0.29) is 0 Å². The Kier molecular flexibility index (Phi) is 2.85. The standard InChI is InChI=1S/C13H22N2/c1-9(2)5-11-7-14-15(8-11)13-6-12(13)10(3)4/h7-10,12-13H,5-6H2,1-4H3/t12-,13+/m0/s1. The Labute approximate surface area is 92.7 Å². The Hall–Kier alpha value is -0.790. The van der Waals surface area contributed by atoms with Gasteiger partial charge in [-0.1, -0.05) is 27.7 Å². The SMILES string of the molecule is CC(C)Cc1cnn([C@@H]2C[C@H]2C(C)C)c1. The maximum absolute atomic E-state index is 4.48. The average molecular weight is 206 g/mol. The average Bonchev–Trinajstić information content (AvgIpc) is 2.81. The van der Waals surface area contributed by atoms with Crippen LogP contribution in [0.4, 0.5) is 0 Å².